The number of hydrogen-bond acceptors (Lipinski definition) is 15. The van der Waals surface area contributed by atoms with Gasteiger partial charge < -0.3 is 33.8 Å². The maximum absolute atomic E-state index is 13.1. The van der Waals surface area contributed by atoms with Crippen LogP contribution in [0.25, 0.3) is 0 Å². The van der Waals surface area contributed by atoms with Crippen LogP contribution in [0.4, 0.5) is 0 Å². The van der Waals surface area contributed by atoms with Gasteiger partial charge in [0.05, 0.1) is 32.8 Å². The van der Waals surface area contributed by atoms with E-state index in [-0.39, 0.29) is 25.7 Å². The number of esters is 4. The maximum atomic E-state index is 13.1. The van der Waals surface area contributed by atoms with Crippen molar-refractivity contribution in [1.82, 2.24) is 0 Å². The minimum atomic E-state index is -5.02. The lowest BCUT2D eigenvalue weighted by Gasteiger charge is -2.21. The summed E-state index contributed by atoms with van der Waals surface area (Å²) in [5.41, 5.74) is 0. The van der Waals surface area contributed by atoms with Crippen LogP contribution >= 0.6 is 15.6 Å². The third-order valence-electron chi connectivity index (χ3n) is 15.0. The van der Waals surface area contributed by atoms with Gasteiger partial charge in [-0.15, -0.1) is 0 Å². The third kappa shape index (κ3) is 71.1. The van der Waals surface area contributed by atoms with Crippen molar-refractivity contribution in [2.45, 2.75) is 290 Å². The first-order valence-corrected chi connectivity index (χ1v) is 40.7. The summed E-state index contributed by atoms with van der Waals surface area (Å²) in [5, 5.41) is 10.6. The summed E-state index contributed by atoms with van der Waals surface area (Å²) in [5.74, 6) is -2.45. The van der Waals surface area contributed by atoms with Crippen LogP contribution < -0.4 is 0 Å². The molecule has 0 aromatic heterocycles. The molecule has 0 aromatic rings. The second-order valence-corrected chi connectivity index (χ2v) is 27.4. The van der Waals surface area contributed by atoms with E-state index in [2.05, 4.69) is 143 Å². The molecule has 0 fully saturated rings. The zero-order chi connectivity index (χ0) is 73.2. The Morgan fingerprint density at radius 1 is 0.300 bits per heavy atom. The number of aliphatic hydroxyl groups excluding tert-OH is 1. The van der Waals surface area contributed by atoms with Gasteiger partial charge >= 0.3 is 39.5 Å². The third-order valence-corrected chi connectivity index (χ3v) is 16.9. The second kappa shape index (κ2) is 72.0. The molecule has 0 saturated carbocycles. The standard InChI is InChI=1S/C81H132O17P2/c1-5-9-13-17-21-25-29-32-35-36-37-38-41-43-47-50-54-58-62-66-79(84)92-72-77(98-81(86)68-64-60-56-52-48-44-40-34-31-27-23-19-15-11-7-3)74-96-100(89,90)94-70-75(82)69-93-99(87,88)95-73-76(97-80(85)67-63-59-55-51-45-28-24-20-16-12-8-4)71-91-78(83)65-61-57-53-49-46-42-39-33-30-26-22-18-14-10-6-2/h9,11,13,15,21-23,25-27,32-35,37-40,43,47-48,52,54,58,60,64,75-77,82H,5-8,10,12,14,16-20,24,28-31,36,41-42,44-46,49-51,53,55-57,59,61-63,65-74H2,1-4H3,(H,87,88)(H,89,90)/b13-9-,15-11-,25-21-,26-22-,27-23-,35-32-,38-37-,39-33-,40-34-,47-43-,52-48-,58-54-,64-60-. The summed E-state index contributed by atoms with van der Waals surface area (Å²) in [6.45, 7) is 4.37. The molecule has 0 aliphatic heterocycles. The number of allylic oxidation sites excluding steroid dienone is 25. The fraction of sp³-hybridized carbons (Fsp3) is 0.630. The van der Waals surface area contributed by atoms with E-state index in [1.165, 1.54) is 57.8 Å². The average molecular weight is 1440 g/mol. The van der Waals surface area contributed by atoms with Gasteiger partial charge in [0.15, 0.2) is 12.2 Å². The van der Waals surface area contributed by atoms with Gasteiger partial charge in [-0.3, -0.25) is 37.3 Å². The molecular weight excluding hydrogens is 1310 g/mol. The predicted molar refractivity (Wildman–Crippen MR) is 408 cm³/mol. The summed E-state index contributed by atoms with van der Waals surface area (Å²) < 4.78 is 68.2. The lowest BCUT2D eigenvalue weighted by molar-refractivity contribution is -0.161. The van der Waals surface area contributed by atoms with E-state index in [1.54, 1.807) is 12.2 Å². The summed E-state index contributed by atoms with van der Waals surface area (Å²) in [6, 6.07) is 0. The quantitative estimate of drug-likeness (QED) is 0.0169. The van der Waals surface area contributed by atoms with E-state index < -0.39 is 97.5 Å². The number of rotatable bonds is 69. The molecule has 0 heterocycles. The molecule has 5 atom stereocenters. The van der Waals surface area contributed by atoms with Gasteiger partial charge in [-0.2, -0.15) is 0 Å². The van der Waals surface area contributed by atoms with Crippen LogP contribution in [0.1, 0.15) is 272 Å². The molecule has 5 unspecified atom stereocenters. The number of aliphatic hydroxyl groups is 1. The molecule has 19 heteroatoms. The van der Waals surface area contributed by atoms with Crippen LogP contribution in [0.15, 0.2) is 158 Å². The largest absolute Gasteiger partial charge is 0.472 e. The van der Waals surface area contributed by atoms with Crippen molar-refractivity contribution >= 4 is 39.5 Å². The molecule has 0 aromatic carbocycles. The predicted octanol–water partition coefficient (Wildman–Crippen LogP) is 21.7. The van der Waals surface area contributed by atoms with Crippen LogP contribution in [-0.2, 0) is 65.4 Å². The lowest BCUT2D eigenvalue weighted by Crippen LogP contribution is -2.30. The Balaban J connectivity index is 5.48. The molecule has 0 rings (SSSR count). The molecule has 0 aliphatic carbocycles. The monoisotopic (exact) mass is 1440 g/mol. The Labute approximate surface area is 604 Å². The van der Waals surface area contributed by atoms with Crippen molar-refractivity contribution in [3.8, 4) is 0 Å². The first-order chi connectivity index (χ1) is 48.7. The number of unbranched alkanes of at least 4 members (excludes halogenated alkanes) is 18. The summed E-state index contributed by atoms with van der Waals surface area (Å²) in [7, 11) is -10.0. The molecule has 0 bridgehead atoms. The molecular formula is C81H132O17P2. The van der Waals surface area contributed by atoms with Crippen molar-refractivity contribution in [2.75, 3.05) is 39.6 Å². The van der Waals surface area contributed by atoms with E-state index in [9.17, 15) is 43.2 Å². The minimum Gasteiger partial charge on any atom is -0.462 e. The van der Waals surface area contributed by atoms with Gasteiger partial charge in [-0.05, 0) is 122 Å². The Bertz CT molecular complexity index is 2520. The molecule has 0 radical (unpaired) electrons. The summed E-state index contributed by atoms with van der Waals surface area (Å²) >= 11 is 0. The number of carbonyl (C=O) groups is 4. The van der Waals surface area contributed by atoms with Crippen molar-refractivity contribution in [3.63, 3.8) is 0 Å². The zero-order valence-electron chi connectivity index (χ0n) is 61.8. The van der Waals surface area contributed by atoms with Crippen molar-refractivity contribution in [3.05, 3.63) is 158 Å². The number of carbonyl (C=O) groups excluding carboxylic acids is 4. The first kappa shape index (κ1) is 94.7. The molecule has 568 valence electrons. The zero-order valence-corrected chi connectivity index (χ0v) is 63.6. The van der Waals surface area contributed by atoms with Gasteiger partial charge in [-0.1, -0.05) is 282 Å². The molecule has 0 aliphatic rings. The van der Waals surface area contributed by atoms with E-state index in [0.29, 0.717) is 32.1 Å². The number of phosphoric acid groups is 2. The Hall–Kier alpha value is -5.32. The van der Waals surface area contributed by atoms with Crippen molar-refractivity contribution in [1.29, 1.82) is 0 Å². The lowest BCUT2D eigenvalue weighted by atomic mass is 10.1. The highest BCUT2D eigenvalue weighted by Crippen LogP contribution is 2.45. The van der Waals surface area contributed by atoms with Crippen LogP contribution in [0, 0.1) is 0 Å². The Morgan fingerprint density at radius 3 is 0.970 bits per heavy atom. The fourth-order valence-corrected chi connectivity index (χ4v) is 10.9. The summed E-state index contributed by atoms with van der Waals surface area (Å²) in [4.78, 5) is 72.7. The van der Waals surface area contributed by atoms with E-state index >= 15 is 0 Å². The second-order valence-electron chi connectivity index (χ2n) is 24.5. The fourth-order valence-electron chi connectivity index (χ4n) is 9.35. The molecule has 0 saturated heterocycles. The van der Waals surface area contributed by atoms with Crippen LogP contribution in [0.5, 0.6) is 0 Å². The van der Waals surface area contributed by atoms with E-state index in [4.69, 9.17) is 37.0 Å². The maximum Gasteiger partial charge on any atom is 0.472 e. The van der Waals surface area contributed by atoms with Gasteiger partial charge in [0, 0.05) is 19.3 Å². The average Bonchev–Trinajstić information content (AvgIpc) is 0.985. The first-order valence-electron chi connectivity index (χ1n) is 37.7. The number of hydrogen-bond donors (Lipinski definition) is 3. The number of phosphoric ester groups is 2. The Kier molecular flexibility index (Phi) is 68.2. The van der Waals surface area contributed by atoms with E-state index in [1.807, 2.05) is 30.4 Å². The molecule has 100 heavy (non-hydrogen) atoms. The van der Waals surface area contributed by atoms with E-state index in [0.717, 1.165) is 128 Å². The van der Waals surface area contributed by atoms with Crippen LogP contribution in [0.2, 0.25) is 0 Å². The SMILES string of the molecule is CC/C=C\C/C=C\C/C=C\C/C=C\C/C=C\C/C=C\CCC(=O)OCC(COP(=O)(O)OCC(O)COP(=O)(O)OCC(COC(=O)CCCCCCC/C=C\C/C=C\CCCCC)OC(=O)CCCCCCCCCCCCC)OC(=O)C/C=C\C/C=C\C/C=C\C/C=C\C/C=C\CC. The van der Waals surface area contributed by atoms with Gasteiger partial charge in [-0.25, -0.2) is 9.13 Å². The number of ether oxygens (including phenoxy) is 4. The topological polar surface area (TPSA) is 237 Å². The van der Waals surface area contributed by atoms with Crippen molar-refractivity contribution in [2.24, 2.45) is 0 Å². The van der Waals surface area contributed by atoms with Crippen LogP contribution in [0.3, 0.4) is 0 Å². The normalized spacial score (nSPS) is 14.8. The minimum absolute atomic E-state index is 0.0113. The Morgan fingerprint density at radius 2 is 0.580 bits per heavy atom. The highest BCUT2D eigenvalue weighted by Gasteiger charge is 2.30. The summed E-state index contributed by atoms with van der Waals surface area (Å²) in [6.07, 6.45) is 82.9. The van der Waals surface area contributed by atoms with Gasteiger partial charge in [0.2, 0.25) is 0 Å². The molecule has 0 spiro atoms. The van der Waals surface area contributed by atoms with Crippen LogP contribution in [-0.4, -0.2) is 96.7 Å². The highest BCUT2D eigenvalue weighted by molar-refractivity contribution is 7.47. The molecule has 0 amide bonds. The highest BCUT2D eigenvalue weighted by atomic mass is 31.2. The van der Waals surface area contributed by atoms with Gasteiger partial charge in [0.25, 0.3) is 0 Å². The molecule has 3 N–H and O–H groups in total. The molecule has 17 nitrogen and oxygen atoms in total. The van der Waals surface area contributed by atoms with Gasteiger partial charge in [0.1, 0.15) is 19.3 Å². The van der Waals surface area contributed by atoms with Crippen molar-refractivity contribution < 1.29 is 80.2 Å². The smallest absolute Gasteiger partial charge is 0.462 e.